The van der Waals surface area contributed by atoms with E-state index < -0.39 is 0 Å². The van der Waals surface area contributed by atoms with Crippen LogP contribution in [-0.4, -0.2) is 22.3 Å². The summed E-state index contributed by atoms with van der Waals surface area (Å²) in [5.74, 6) is 0. The Hall–Kier alpha value is -1.07. The molecule has 1 fully saturated rings. The molecular formula is C10H14ClN3O2. The van der Waals surface area contributed by atoms with Crippen molar-refractivity contribution in [2.24, 2.45) is 0 Å². The number of hydrogen-bond donors (Lipinski definition) is 1. The number of ether oxygens (including phenoxy) is 1. The second-order valence-electron chi connectivity index (χ2n) is 3.90. The molecular weight excluding hydrogens is 230 g/mol. The standard InChI is InChI=1S/C10H14ClN3O2/c11-9-8(12)10(15)14(6-13-9)5-7-3-1-2-4-16-7/h6-7H,1-5,12H2. The number of hydrogen-bond acceptors (Lipinski definition) is 4. The predicted molar refractivity (Wildman–Crippen MR) is 61.5 cm³/mol. The van der Waals surface area contributed by atoms with Crippen molar-refractivity contribution in [1.29, 1.82) is 0 Å². The first-order chi connectivity index (χ1) is 7.68. The van der Waals surface area contributed by atoms with Gasteiger partial charge < -0.3 is 10.5 Å². The van der Waals surface area contributed by atoms with Gasteiger partial charge in [0, 0.05) is 6.61 Å². The lowest BCUT2D eigenvalue weighted by molar-refractivity contribution is 0.00530. The lowest BCUT2D eigenvalue weighted by Crippen LogP contribution is -2.31. The fourth-order valence-electron chi connectivity index (χ4n) is 1.79. The zero-order chi connectivity index (χ0) is 11.5. The van der Waals surface area contributed by atoms with E-state index in [0.29, 0.717) is 6.54 Å². The summed E-state index contributed by atoms with van der Waals surface area (Å²) in [6.45, 7) is 1.25. The van der Waals surface area contributed by atoms with Crippen LogP contribution in [0, 0.1) is 0 Å². The topological polar surface area (TPSA) is 70.1 Å². The van der Waals surface area contributed by atoms with Crippen LogP contribution >= 0.6 is 11.6 Å². The van der Waals surface area contributed by atoms with Gasteiger partial charge in [-0.1, -0.05) is 11.6 Å². The number of rotatable bonds is 2. The fraction of sp³-hybridized carbons (Fsp3) is 0.600. The summed E-state index contributed by atoms with van der Waals surface area (Å²) in [4.78, 5) is 15.6. The third-order valence-electron chi connectivity index (χ3n) is 2.70. The Kier molecular flexibility index (Phi) is 3.46. The van der Waals surface area contributed by atoms with Gasteiger partial charge in [0.15, 0.2) is 5.15 Å². The molecule has 1 aromatic heterocycles. The summed E-state index contributed by atoms with van der Waals surface area (Å²) in [6.07, 6.45) is 4.69. The summed E-state index contributed by atoms with van der Waals surface area (Å²) in [5, 5.41) is 0.0609. The molecule has 0 amide bonds. The zero-order valence-electron chi connectivity index (χ0n) is 8.86. The highest BCUT2D eigenvalue weighted by molar-refractivity contribution is 6.31. The lowest BCUT2D eigenvalue weighted by atomic mass is 10.1. The number of anilines is 1. The van der Waals surface area contributed by atoms with Crippen LogP contribution in [0.1, 0.15) is 19.3 Å². The van der Waals surface area contributed by atoms with Gasteiger partial charge in [-0.2, -0.15) is 0 Å². The molecule has 2 N–H and O–H groups in total. The Bertz CT molecular complexity index is 427. The van der Waals surface area contributed by atoms with Crippen LogP contribution in [0.5, 0.6) is 0 Å². The van der Waals surface area contributed by atoms with Gasteiger partial charge in [0.2, 0.25) is 0 Å². The maximum absolute atomic E-state index is 11.7. The van der Waals surface area contributed by atoms with Crippen LogP contribution in [0.25, 0.3) is 0 Å². The van der Waals surface area contributed by atoms with Gasteiger partial charge in [-0.15, -0.1) is 0 Å². The van der Waals surface area contributed by atoms with Crippen LogP contribution in [0.3, 0.4) is 0 Å². The van der Waals surface area contributed by atoms with Crippen molar-refractivity contribution >= 4 is 17.3 Å². The van der Waals surface area contributed by atoms with Crippen LogP contribution in [0.15, 0.2) is 11.1 Å². The van der Waals surface area contributed by atoms with E-state index in [2.05, 4.69) is 4.98 Å². The first kappa shape index (κ1) is 11.4. The third-order valence-corrected chi connectivity index (χ3v) is 3.00. The highest BCUT2D eigenvalue weighted by Crippen LogP contribution is 2.14. The fourth-order valence-corrected chi connectivity index (χ4v) is 1.91. The molecule has 0 spiro atoms. The Morgan fingerprint density at radius 3 is 3.12 bits per heavy atom. The van der Waals surface area contributed by atoms with E-state index in [0.717, 1.165) is 25.9 Å². The molecule has 0 aromatic carbocycles. The first-order valence-electron chi connectivity index (χ1n) is 5.30. The van der Waals surface area contributed by atoms with E-state index in [1.165, 1.54) is 10.9 Å². The molecule has 1 aromatic rings. The highest BCUT2D eigenvalue weighted by atomic mass is 35.5. The van der Waals surface area contributed by atoms with E-state index in [4.69, 9.17) is 22.1 Å². The summed E-state index contributed by atoms with van der Waals surface area (Å²) >= 11 is 5.65. The normalized spacial score (nSPS) is 20.9. The van der Waals surface area contributed by atoms with Gasteiger partial charge in [0.05, 0.1) is 19.0 Å². The van der Waals surface area contributed by atoms with Crippen LogP contribution in [0.4, 0.5) is 5.69 Å². The number of halogens is 1. The molecule has 0 saturated carbocycles. The summed E-state index contributed by atoms with van der Waals surface area (Å²) in [7, 11) is 0. The molecule has 1 unspecified atom stereocenters. The van der Waals surface area contributed by atoms with Crippen molar-refractivity contribution in [2.45, 2.75) is 31.9 Å². The number of nitrogens with two attached hydrogens (primary N) is 1. The Morgan fingerprint density at radius 1 is 1.62 bits per heavy atom. The predicted octanol–water partition coefficient (Wildman–Crippen LogP) is 1.05. The minimum absolute atomic E-state index is 0.0000221. The van der Waals surface area contributed by atoms with E-state index >= 15 is 0 Å². The lowest BCUT2D eigenvalue weighted by Gasteiger charge is -2.23. The Morgan fingerprint density at radius 2 is 2.44 bits per heavy atom. The molecule has 1 atom stereocenters. The van der Waals surface area contributed by atoms with Gasteiger partial charge in [-0.05, 0) is 19.3 Å². The molecule has 1 aliphatic heterocycles. The van der Waals surface area contributed by atoms with Crippen molar-refractivity contribution in [1.82, 2.24) is 9.55 Å². The molecule has 5 nitrogen and oxygen atoms in total. The van der Waals surface area contributed by atoms with Gasteiger partial charge in [-0.3, -0.25) is 9.36 Å². The summed E-state index contributed by atoms with van der Waals surface area (Å²) in [5.41, 5.74) is 5.22. The second kappa shape index (κ2) is 4.84. The van der Waals surface area contributed by atoms with Crippen LogP contribution in [-0.2, 0) is 11.3 Å². The van der Waals surface area contributed by atoms with E-state index in [1.807, 2.05) is 0 Å². The van der Waals surface area contributed by atoms with Gasteiger partial charge in [-0.25, -0.2) is 4.98 Å². The molecule has 0 aliphatic carbocycles. The highest BCUT2D eigenvalue weighted by Gasteiger charge is 2.16. The molecule has 16 heavy (non-hydrogen) atoms. The average Bonchev–Trinajstić information content (AvgIpc) is 2.31. The molecule has 2 rings (SSSR count). The quantitative estimate of drug-likeness (QED) is 0.789. The number of nitrogen functional groups attached to an aromatic ring is 1. The van der Waals surface area contributed by atoms with Crippen molar-refractivity contribution in [3.05, 3.63) is 21.8 Å². The minimum Gasteiger partial charge on any atom is -0.392 e. The largest absolute Gasteiger partial charge is 0.392 e. The van der Waals surface area contributed by atoms with Gasteiger partial charge >= 0.3 is 0 Å². The smallest absolute Gasteiger partial charge is 0.278 e. The molecule has 0 bridgehead atoms. The summed E-state index contributed by atoms with van der Waals surface area (Å²) < 4.78 is 7.00. The maximum Gasteiger partial charge on any atom is 0.278 e. The first-order valence-corrected chi connectivity index (χ1v) is 5.68. The molecule has 1 saturated heterocycles. The Balaban J connectivity index is 2.15. The van der Waals surface area contributed by atoms with E-state index in [9.17, 15) is 4.79 Å². The average molecular weight is 244 g/mol. The molecule has 1 aliphatic rings. The van der Waals surface area contributed by atoms with E-state index in [1.54, 1.807) is 0 Å². The molecule has 88 valence electrons. The van der Waals surface area contributed by atoms with Crippen molar-refractivity contribution in [3.8, 4) is 0 Å². The monoisotopic (exact) mass is 243 g/mol. The number of aromatic nitrogens is 2. The molecule has 2 heterocycles. The molecule has 6 heteroatoms. The maximum atomic E-state index is 11.7. The van der Waals surface area contributed by atoms with Crippen LogP contribution in [0.2, 0.25) is 5.15 Å². The van der Waals surface area contributed by atoms with Crippen molar-refractivity contribution < 1.29 is 4.74 Å². The van der Waals surface area contributed by atoms with E-state index in [-0.39, 0.29) is 22.5 Å². The van der Waals surface area contributed by atoms with Crippen LogP contribution < -0.4 is 11.3 Å². The third kappa shape index (κ3) is 2.36. The molecule has 0 radical (unpaired) electrons. The second-order valence-corrected chi connectivity index (χ2v) is 4.25. The van der Waals surface area contributed by atoms with Gasteiger partial charge in [0.1, 0.15) is 5.69 Å². The number of nitrogens with zero attached hydrogens (tertiary/aromatic N) is 2. The van der Waals surface area contributed by atoms with Crippen molar-refractivity contribution in [3.63, 3.8) is 0 Å². The SMILES string of the molecule is Nc1c(Cl)ncn(CC2CCCCO2)c1=O. The Labute approximate surface area is 98.2 Å². The summed E-state index contributed by atoms with van der Waals surface area (Å²) in [6, 6.07) is 0. The van der Waals surface area contributed by atoms with Gasteiger partial charge in [0.25, 0.3) is 5.56 Å². The minimum atomic E-state index is -0.297. The van der Waals surface area contributed by atoms with Crippen molar-refractivity contribution in [2.75, 3.05) is 12.3 Å². The zero-order valence-corrected chi connectivity index (χ0v) is 9.61.